The average molecular weight is 266 g/mol. The lowest BCUT2D eigenvalue weighted by molar-refractivity contribution is 0.373. The van der Waals surface area contributed by atoms with Crippen molar-refractivity contribution in [1.29, 1.82) is 0 Å². The highest BCUT2D eigenvalue weighted by atomic mass is 32.2. The Morgan fingerprint density at radius 3 is 2.61 bits per heavy atom. The number of nitrogens with zero attached hydrogens (tertiary/aromatic N) is 2. The van der Waals surface area contributed by atoms with Crippen LogP contribution in [0.1, 0.15) is 32.5 Å². The van der Waals surface area contributed by atoms with E-state index in [1.54, 1.807) is 18.2 Å². The van der Waals surface area contributed by atoms with Crippen LogP contribution in [0, 0.1) is 5.82 Å². The van der Waals surface area contributed by atoms with Crippen molar-refractivity contribution in [2.75, 3.05) is 0 Å². The van der Waals surface area contributed by atoms with Crippen LogP contribution in [0.4, 0.5) is 4.39 Å². The fraction of sp³-hybridized carbons (Fsp3) is 0.385. The van der Waals surface area contributed by atoms with Crippen LogP contribution in [-0.2, 0) is 11.2 Å². The first-order valence-electron chi connectivity index (χ1n) is 5.67. The zero-order valence-corrected chi connectivity index (χ0v) is 11.4. The minimum Gasteiger partial charge on any atom is -0.338 e. The van der Waals surface area contributed by atoms with Gasteiger partial charge < -0.3 is 4.52 Å². The van der Waals surface area contributed by atoms with Crippen LogP contribution in [0.3, 0.4) is 0 Å². The van der Waals surface area contributed by atoms with Crippen molar-refractivity contribution < 1.29 is 8.91 Å². The monoisotopic (exact) mass is 266 g/mol. The van der Waals surface area contributed by atoms with Crippen molar-refractivity contribution in [1.82, 2.24) is 10.1 Å². The summed E-state index contributed by atoms with van der Waals surface area (Å²) in [6.07, 6.45) is 0. The molecule has 0 spiro atoms. The molecule has 3 nitrogen and oxygen atoms in total. The number of hydrogen-bond donors (Lipinski definition) is 0. The van der Waals surface area contributed by atoms with Crippen LogP contribution in [-0.4, -0.2) is 10.1 Å². The van der Waals surface area contributed by atoms with Gasteiger partial charge in [0.25, 0.3) is 0 Å². The summed E-state index contributed by atoms with van der Waals surface area (Å²) in [5, 5.41) is 3.93. The molecule has 5 heteroatoms. The first-order valence-corrected chi connectivity index (χ1v) is 6.66. The van der Waals surface area contributed by atoms with E-state index in [0.29, 0.717) is 22.4 Å². The third-order valence-electron chi connectivity index (χ3n) is 2.33. The Morgan fingerprint density at radius 1 is 1.28 bits per heavy atom. The van der Waals surface area contributed by atoms with Gasteiger partial charge in [-0.15, -0.1) is 11.8 Å². The maximum atomic E-state index is 13.4. The normalized spacial score (nSPS) is 11.8. The van der Waals surface area contributed by atoms with Crippen molar-refractivity contribution >= 4 is 11.8 Å². The molecule has 0 amide bonds. The zero-order valence-electron chi connectivity index (χ0n) is 10.6. The molecule has 0 aliphatic heterocycles. The van der Waals surface area contributed by atoms with Gasteiger partial charge in [0.2, 0.25) is 5.89 Å². The summed E-state index contributed by atoms with van der Waals surface area (Å²) in [7, 11) is 0. The van der Waals surface area contributed by atoms with Gasteiger partial charge in [0.1, 0.15) is 5.82 Å². The number of halogens is 1. The Kier molecular flexibility index (Phi) is 3.71. The molecule has 0 aliphatic carbocycles. The molecule has 1 heterocycles. The predicted octanol–water partition coefficient (Wildman–Crippen LogP) is 3.80. The molecule has 2 rings (SSSR count). The molecule has 0 fully saturated rings. The summed E-state index contributed by atoms with van der Waals surface area (Å²) in [5.74, 6) is 1.45. The minimum atomic E-state index is -0.224. The second kappa shape index (κ2) is 5.10. The van der Waals surface area contributed by atoms with Crippen molar-refractivity contribution in [3.05, 3.63) is 41.8 Å². The number of rotatable bonds is 3. The summed E-state index contributed by atoms with van der Waals surface area (Å²) in [6.45, 7) is 6.06. The van der Waals surface area contributed by atoms with E-state index in [2.05, 4.69) is 10.1 Å². The summed E-state index contributed by atoms with van der Waals surface area (Å²) in [5.41, 5.74) is -0.135. The Labute approximate surface area is 110 Å². The number of thioether (sulfide) groups is 1. The quantitative estimate of drug-likeness (QED) is 0.792. The summed E-state index contributed by atoms with van der Waals surface area (Å²) < 4.78 is 18.5. The van der Waals surface area contributed by atoms with Gasteiger partial charge in [0, 0.05) is 10.3 Å². The van der Waals surface area contributed by atoms with Gasteiger partial charge in [-0.05, 0) is 12.1 Å². The Hall–Kier alpha value is -1.36. The molecule has 0 aliphatic rings. The van der Waals surface area contributed by atoms with Crippen molar-refractivity contribution in [2.45, 2.75) is 36.8 Å². The van der Waals surface area contributed by atoms with Crippen LogP contribution in [0.25, 0.3) is 0 Å². The Balaban J connectivity index is 2.03. The molecular weight excluding hydrogens is 251 g/mol. The molecular formula is C13H15FN2OS. The number of benzene rings is 1. The number of aromatic nitrogens is 2. The smallest absolute Gasteiger partial charge is 0.237 e. The lowest BCUT2D eigenvalue weighted by atomic mass is 9.96. The van der Waals surface area contributed by atoms with Gasteiger partial charge in [-0.3, -0.25) is 0 Å². The zero-order chi connectivity index (χ0) is 13.2. The fourth-order valence-corrected chi connectivity index (χ4v) is 2.10. The third-order valence-corrected chi connectivity index (χ3v) is 3.36. The molecule has 1 aromatic carbocycles. The second-order valence-corrected chi connectivity index (χ2v) is 6.00. The van der Waals surface area contributed by atoms with Crippen LogP contribution < -0.4 is 0 Å². The lowest BCUT2D eigenvalue weighted by Crippen LogP contribution is -2.13. The largest absolute Gasteiger partial charge is 0.338 e. The lowest BCUT2D eigenvalue weighted by Gasteiger charge is -2.10. The van der Waals surface area contributed by atoms with Crippen molar-refractivity contribution in [2.24, 2.45) is 0 Å². The minimum absolute atomic E-state index is 0.135. The molecule has 0 saturated heterocycles. The van der Waals surface area contributed by atoms with E-state index in [4.69, 9.17) is 4.52 Å². The summed E-state index contributed by atoms with van der Waals surface area (Å²) in [6, 6.07) is 6.65. The highest BCUT2D eigenvalue weighted by molar-refractivity contribution is 7.98. The molecule has 0 unspecified atom stereocenters. The van der Waals surface area contributed by atoms with E-state index in [-0.39, 0.29) is 11.2 Å². The molecule has 1 aromatic heterocycles. The van der Waals surface area contributed by atoms with E-state index in [1.807, 2.05) is 20.8 Å². The first-order chi connectivity index (χ1) is 8.47. The summed E-state index contributed by atoms with van der Waals surface area (Å²) in [4.78, 5) is 4.90. The van der Waals surface area contributed by atoms with Gasteiger partial charge in [-0.1, -0.05) is 38.1 Å². The van der Waals surface area contributed by atoms with Gasteiger partial charge >= 0.3 is 0 Å². The summed E-state index contributed by atoms with van der Waals surface area (Å²) >= 11 is 1.35. The van der Waals surface area contributed by atoms with E-state index < -0.39 is 0 Å². The second-order valence-electron chi connectivity index (χ2n) is 4.98. The van der Waals surface area contributed by atoms with E-state index >= 15 is 0 Å². The molecule has 96 valence electrons. The predicted molar refractivity (Wildman–Crippen MR) is 69.0 cm³/mol. The van der Waals surface area contributed by atoms with E-state index in [0.717, 1.165) is 0 Å². The maximum absolute atomic E-state index is 13.4. The molecule has 0 saturated carbocycles. The molecule has 0 atom stereocenters. The topological polar surface area (TPSA) is 38.9 Å². The van der Waals surface area contributed by atoms with E-state index in [1.165, 1.54) is 17.8 Å². The van der Waals surface area contributed by atoms with Crippen LogP contribution in [0.2, 0.25) is 0 Å². The van der Waals surface area contributed by atoms with Crippen LogP contribution in [0.15, 0.2) is 33.7 Å². The number of hydrogen-bond acceptors (Lipinski definition) is 4. The molecule has 2 aromatic rings. The Bertz CT molecular complexity index is 534. The highest BCUT2D eigenvalue weighted by Gasteiger charge is 2.20. The standard InChI is InChI=1S/C13H15FN2OS/c1-13(2,3)12-15-11(17-16-12)8-18-10-7-5-4-6-9(10)14/h4-7H,8H2,1-3H3. The molecule has 18 heavy (non-hydrogen) atoms. The van der Waals surface area contributed by atoms with Gasteiger partial charge in [-0.2, -0.15) is 4.98 Å². The average Bonchev–Trinajstić information content (AvgIpc) is 2.76. The van der Waals surface area contributed by atoms with Crippen molar-refractivity contribution in [3.8, 4) is 0 Å². The van der Waals surface area contributed by atoms with Gasteiger partial charge in [0.05, 0.1) is 5.75 Å². The molecule has 0 N–H and O–H groups in total. The third kappa shape index (κ3) is 3.10. The molecule has 0 radical (unpaired) electrons. The maximum Gasteiger partial charge on any atom is 0.237 e. The molecule has 0 bridgehead atoms. The van der Waals surface area contributed by atoms with Crippen LogP contribution in [0.5, 0.6) is 0 Å². The van der Waals surface area contributed by atoms with E-state index in [9.17, 15) is 4.39 Å². The van der Waals surface area contributed by atoms with Crippen molar-refractivity contribution in [3.63, 3.8) is 0 Å². The van der Waals surface area contributed by atoms with Crippen LogP contribution >= 0.6 is 11.8 Å². The van der Waals surface area contributed by atoms with Gasteiger partial charge in [0.15, 0.2) is 5.82 Å². The fourth-order valence-electron chi connectivity index (χ4n) is 1.32. The first kappa shape index (κ1) is 13.1. The Morgan fingerprint density at radius 2 is 2.00 bits per heavy atom. The van der Waals surface area contributed by atoms with Gasteiger partial charge in [-0.25, -0.2) is 4.39 Å². The SMILES string of the molecule is CC(C)(C)c1noc(CSc2ccccc2F)n1. The highest BCUT2D eigenvalue weighted by Crippen LogP contribution is 2.26.